The Morgan fingerprint density at radius 2 is 1.60 bits per heavy atom. The van der Waals surface area contributed by atoms with Gasteiger partial charge in [-0.2, -0.15) is 0 Å². The summed E-state index contributed by atoms with van der Waals surface area (Å²) < 4.78 is 29.2. The number of hydrogen-bond donors (Lipinski definition) is 1. The lowest BCUT2D eigenvalue weighted by Gasteiger charge is -2.13. The van der Waals surface area contributed by atoms with Crippen molar-refractivity contribution < 1.29 is 13.9 Å². The van der Waals surface area contributed by atoms with Crippen LogP contribution in [-0.4, -0.2) is 31.4 Å². The maximum Gasteiger partial charge on any atom is 0.156 e. The molecule has 0 aliphatic rings. The molecule has 0 saturated heterocycles. The Bertz CT molecular complexity index is 1230. The largest absolute Gasteiger partial charge is 0.497 e. The van der Waals surface area contributed by atoms with Crippen LogP contribution in [0.1, 0.15) is 37.8 Å². The van der Waals surface area contributed by atoms with Crippen LogP contribution in [0, 0.1) is 5.82 Å². The summed E-state index contributed by atoms with van der Waals surface area (Å²) in [7, 11) is 1.63. The molecule has 1 heterocycles. The predicted molar refractivity (Wildman–Crippen MR) is 142 cm³/mol. The molecule has 3 aromatic carbocycles. The highest BCUT2D eigenvalue weighted by molar-refractivity contribution is 5.89. The summed E-state index contributed by atoms with van der Waals surface area (Å²) >= 11 is 0. The van der Waals surface area contributed by atoms with E-state index < -0.39 is 0 Å². The fourth-order valence-corrected chi connectivity index (χ4v) is 4.32. The van der Waals surface area contributed by atoms with Crippen LogP contribution in [0.25, 0.3) is 22.2 Å². The number of nitrogens with one attached hydrogen (secondary N) is 1. The van der Waals surface area contributed by atoms with Gasteiger partial charge in [0.25, 0.3) is 0 Å². The van der Waals surface area contributed by atoms with Gasteiger partial charge in [0.2, 0.25) is 0 Å². The van der Waals surface area contributed by atoms with E-state index in [2.05, 4.69) is 48.0 Å². The molecule has 0 amide bonds. The van der Waals surface area contributed by atoms with E-state index in [1.165, 1.54) is 5.56 Å². The predicted octanol–water partition coefficient (Wildman–Crippen LogP) is 6.84. The standard InChI is InChI=1S/C30H35FN2O2/c1-4-6-19-35-26-15-16-28-27(20-26)29(31)30(24-11-13-25(34-3)14-12-24)33(28)21-23-9-7-22(8-10-23)17-18-32-5-2/h7-16,20,32H,4-6,17-19,21H2,1-3H3. The van der Waals surface area contributed by atoms with Crippen LogP contribution in [0.15, 0.2) is 66.7 Å². The summed E-state index contributed by atoms with van der Waals surface area (Å²) in [6.45, 7) is 7.39. The van der Waals surface area contributed by atoms with E-state index in [4.69, 9.17) is 9.47 Å². The van der Waals surface area contributed by atoms with Crippen molar-refractivity contribution in [3.05, 3.63) is 83.7 Å². The van der Waals surface area contributed by atoms with Crippen LogP contribution in [-0.2, 0) is 13.0 Å². The fourth-order valence-electron chi connectivity index (χ4n) is 4.32. The first-order chi connectivity index (χ1) is 17.1. The van der Waals surface area contributed by atoms with E-state index in [1.807, 2.05) is 42.5 Å². The first-order valence-corrected chi connectivity index (χ1v) is 12.5. The molecule has 4 rings (SSSR count). The number of benzene rings is 3. The maximum absolute atomic E-state index is 16.0. The second kappa shape index (κ2) is 11.9. The fraction of sp³-hybridized carbons (Fsp3) is 0.333. The number of unbranched alkanes of at least 4 members (excludes halogenated alkanes) is 1. The van der Waals surface area contributed by atoms with Gasteiger partial charge < -0.3 is 19.4 Å². The van der Waals surface area contributed by atoms with Crippen molar-refractivity contribution >= 4 is 10.9 Å². The molecule has 184 valence electrons. The van der Waals surface area contributed by atoms with Crippen LogP contribution in [0.4, 0.5) is 4.39 Å². The third-order valence-corrected chi connectivity index (χ3v) is 6.31. The number of hydrogen-bond acceptors (Lipinski definition) is 3. The average molecular weight is 475 g/mol. The molecule has 35 heavy (non-hydrogen) atoms. The van der Waals surface area contributed by atoms with Crippen molar-refractivity contribution in [2.75, 3.05) is 26.8 Å². The van der Waals surface area contributed by atoms with Crippen LogP contribution in [0.3, 0.4) is 0 Å². The minimum atomic E-state index is -0.228. The number of halogens is 1. The van der Waals surface area contributed by atoms with Crippen molar-refractivity contribution in [1.29, 1.82) is 0 Å². The Labute approximate surface area is 207 Å². The highest BCUT2D eigenvalue weighted by atomic mass is 19.1. The zero-order valence-corrected chi connectivity index (χ0v) is 20.9. The lowest BCUT2D eigenvalue weighted by molar-refractivity contribution is 0.309. The zero-order valence-electron chi connectivity index (χ0n) is 20.9. The van der Waals surface area contributed by atoms with Crippen molar-refractivity contribution in [3.8, 4) is 22.8 Å². The van der Waals surface area contributed by atoms with Gasteiger partial charge in [-0.3, -0.25) is 0 Å². The lowest BCUT2D eigenvalue weighted by Crippen LogP contribution is -2.16. The van der Waals surface area contributed by atoms with E-state index >= 15 is 4.39 Å². The molecule has 4 nitrogen and oxygen atoms in total. The van der Waals surface area contributed by atoms with E-state index in [1.54, 1.807) is 7.11 Å². The first-order valence-electron chi connectivity index (χ1n) is 12.5. The molecule has 1 aromatic heterocycles. The number of methoxy groups -OCH3 is 1. The SMILES string of the molecule is CCCCOc1ccc2c(c1)c(F)c(-c1ccc(OC)cc1)n2Cc1ccc(CCNCC)cc1. The summed E-state index contributed by atoms with van der Waals surface area (Å²) in [6, 6.07) is 21.9. The topological polar surface area (TPSA) is 35.4 Å². The van der Waals surface area contributed by atoms with Crippen molar-refractivity contribution in [2.24, 2.45) is 0 Å². The lowest BCUT2D eigenvalue weighted by atomic mass is 10.1. The number of nitrogens with zero attached hydrogens (tertiary/aromatic N) is 1. The monoisotopic (exact) mass is 474 g/mol. The smallest absolute Gasteiger partial charge is 0.156 e. The minimum absolute atomic E-state index is 0.228. The van der Waals surface area contributed by atoms with Gasteiger partial charge in [0.1, 0.15) is 11.5 Å². The van der Waals surface area contributed by atoms with Crippen molar-refractivity contribution in [2.45, 2.75) is 39.7 Å². The molecule has 0 bridgehead atoms. The summed E-state index contributed by atoms with van der Waals surface area (Å²) in [5, 5.41) is 3.94. The van der Waals surface area contributed by atoms with E-state index in [-0.39, 0.29) is 5.82 Å². The van der Waals surface area contributed by atoms with Gasteiger partial charge in [-0.05, 0) is 79.5 Å². The van der Waals surface area contributed by atoms with Crippen LogP contribution in [0.5, 0.6) is 11.5 Å². The number of likely N-dealkylation sites (N-methyl/N-ethyl adjacent to an activating group) is 1. The number of aromatic nitrogens is 1. The zero-order chi connectivity index (χ0) is 24.6. The number of ether oxygens (including phenoxy) is 2. The molecule has 0 aliphatic heterocycles. The Hall–Kier alpha value is -3.31. The van der Waals surface area contributed by atoms with Gasteiger partial charge in [0.15, 0.2) is 5.82 Å². The summed E-state index contributed by atoms with van der Waals surface area (Å²) in [6.07, 6.45) is 3.03. The van der Waals surface area contributed by atoms with Crippen molar-refractivity contribution in [1.82, 2.24) is 9.88 Å². The highest BCUT2D eigenvalue weighted by Gasteiger charge is 2.20. The number of fused-ring (bicyclic) bond motifs is 1. The molecule has 0 unspecified atom stereocenters. The molecular formula is C30H35FN2O2. The third kappa shape index (κ3) is 5.85. The molecule has 0 spiro atoms. The molecule has 0 radical (unpaired) electrons. The summed E-state index contributed by atoms with van der Waals surface area (Å²) in [5.41, 5.74) is 4.67. The van der Waals surface area contributed by atoms with Gasteiger partial charge in [0.05, 0.1) is 24.9 Å². The summed E-state index contributed by atoms with van der Waals surface area (Å²) in [5.74, 6) is 1.22. The Morgan fingerprint density at radius 1 is 0.886 bits per heavy atom. The van der Waals surface area contributed by atoms with Gasteiger partial charge in [0, 0.05) is 17.5 Å². The Morgan fingerprint density at radius 3 is 2.29 bits per heavy atom. The first kappa shape index (κ1) is 24.8. The minimum Gasteiger partial charge on any atom is -0.497 e. The van der Waals surface area contributed by atoms with Crippen molar-refractivity contribution in [3.63, 3.8) is 0 Å². The molecular weight excluding hydrogens is 439 g/mol. The van der Waals surface area contributed by atoms with E-state index in [9.17, 15) is 0 Å². The molecule has 0 aliphatic carbocycles. The van der Waals surface area contributed by atoms with Crippen LogP contribution < -0.4 is 14.8 Å². The van der Waals surface area contributed by atoms with E-state index in [0.29, 0.717) is 30.0 Å². The molecule has 0 saturated carbocycles. The summed E-state index contributed by atoms with van der Waals surface area (Å²) in [4.78, 5) is 0. The number of rotatable bonds is 12. The van der Waals surface area contributed by atoms with Crippen LogP contribution >= 0.6 is 0 Å². The second-order valence-corrected chi connectivity index (χ2v) is 8.78. The van der Waals surface area contributed by atoms with Gasteiger partial charge in [-0.25, -0.2) is 4.39 Å². The van der Waals surface area contributed by atoms with Gasteiger partial charge in [-0.1, -0.05) is 44.5 Å². The molecule has 1 N–H and O–H groups in total. The van der Waals surface area contributed by atoms with Gasteiger partial charge >= 0.3 is 0 Å². The van der Waals surface area contributed by atoms with Gasteiger partial charge in [-0.15, -0.1) is 0 Å². The molecule has 0 fully saturated rings. The average Bonchev–Trinajstić information content (AvgIpc) is 3.16. The third-order valence-electron chi connectivity index (χ3n) is 6.31. The quantitative estimate of drug-likeness (QED) is 0.229. The van der Waals surface area contributed by atoms with E-state index in [0.717, 1.165) is 54.7 Å². The molecule has 0 atom stereocenters. The normalized spacial score (nSPS) is 11.2. The highest BCUT2D eigenvalue weighted by Crippen LogP contribution is 2.36. The maximum atomic E-state index is 16.0. The Kier molecular flexibility index (Phi) is 8.43. The Balaban J connectivity index is 1.71. The van der Waals surface area contributed by atoms with Crippen LogP contribution in [0.2, 0.25) is 0 Å². The molecule has 4 aromatic rings. The second-order valence-electron chi connectivity index (χ2n) is 8.78. The molecule has 5 heteroatoms.